The summed E-state index contributed by atoms with van der Waals surface area (Å²) in [5.41, 5.74) is 5.62. The SMILES string of the molecule is CC(C)(C)c1nnc(CN2CC(N)C2)o1. The zero-order valence-electron chi connectivity index (χ0n) is 9.53. The van der Waals surface area contributed by atoms with E-state index in [0.717, 1.165) is 19.6 Å². The number of nitrogens with two attached hydrogens (primary N) is 1. The van der Waals surface area contributed by atoms with Crippen molar-refractivity contribution in [1.29, 1.82) is 0 Å². The molecule has 0 bridgehead atoms. The van der Waals surface area contributed by atoms with Crippen LogP contribution in [0.1, 0.15) is 32.6 Å². The molecule has 1 aromatic heterocycles. The quantitative estimate of drug-likeness (QED) is 0.770. The highest BCUT2D eigenvalue weighted by Gasteiger charge is 2.26. The fourth-order valence-corrected chi connectivity index (χ4v) is 1.55. The summed E-state index contributed by atoms with van der Waals surface area (Å²) in [4.78, 5) is 2.20. The first-order valence-electron chi connectivity index (χ1n) is 5.26. The van der Waals surface area contributed by atoms with Crippen molar-refractivity contribution >= 4 is 0 Å². The van der Waals surface area contributed by atoms with E-state index in [-0.39, 0.29) is 5.41 Å². The minimum atomic E-state index is -0.0728. The largest absolute Gasteiger partial charge is 0.423 e. The summed E-state index contributed by atoms with van der Waals surface area (Å²) in [7, 11) is 0. The van der Waals surface area contributed by atoms with Crippen molar-refractivity contribution in [2.24, 2.45) is 5.73 Å². The Kier molecular flexibility index (Phi) is 2.52. The third-order valence-electron chi connectivity index (χ3n) is 2.45. The number of nitrogens with zero attached hydrogens (tertiary/aromatic N) is 3. The summed E-state index contributed by atoms with van der Waals surface area (Å²) >= 11 is 0. The van der Waals surface area contributed by atoms with Crippen LogP contribution in [0.4, 0.5) is 0 Å². The Balaban J connectivity index is 1.96. The van der Waals surface area contributed by atoms with Crippen LogP contribution >= 0.6 is 0 Å². The minimum Gasteiger partial charge on any atom is -0.423 e. The van der Waals surface area contributed by atoms with Gasteiger partial charge in [0.25, 0.3) is 0 Å². The molecule has 0 radical (unpaired) electrons. The summed E-state index contributed by atoms with van der Waals surface area (Å²) in [6.45, 7) is 8.74. The molecule has 0 atom stereocenters. The third kappa shape index (κ3) is 2.35. The second-order valence-corrected chi connectivity index (χ2v) is 5.21. The molecule has 5 nitrogen and oxygen atoms in total. The summed E-state index contributed by atoms with van der Waals surface area (Å²) in [6, 6.07) is 0.315. The Morgan fingerprint density at radius 1 is 1.40 bits per heavy atom. The van der Waals surface area contributed by atoms with Gasteiger partial charge < -0.3 is 10.2 Å². The fourth-order valence-electron chi connectivity index (χ4n) is 1.55. The molecular weight excluding hydrogens is 192 g/mol. The molecule has 0 amide bonds. The molecule has 5 heteroatoms. The number of hydrogen-bond acceptors (Lipinski definition) is 5. The molecule has 0 aliphatic carbocycles. The number of rotatable bonds is 2. The third-order valence-corrected chi connectivity index (χ3v) is 2.45. The highest BCUT2D eigenvalue weighted by molar-refractivity contribution is 4.96. The molecule has 2 heterocycles. The van der Waals surface area contributed by atoms with Gasteiger partial charge in [0.1, 0.15) is 0 Å². The van der Waals surface area contributed by atoms with Crippen molar-refractivity contribution in [3.8, 4) is 0 Å². The monoisotopic (exact) mass is 210 g/mol. The van der Waals surface area contributed by atoms with Crippen LogP contribution in [0.15, 0.2) is 4.42 Å². The standard InChI is InChI=1S/C10H18N4O/c1-10(2,3)9-13-12-8(15-9)6-14-4-7(11)5-14/h7H,4-6,11H2,1-3H3. The van der Waals surface area contributed by atoms with Gasteiger partial charge in [0.05, 0.1) is 6.54 Å². The lowest BCUT2D eigenvalue weighted by Gasteiger charge is -2.35. The predicted octanol–water partition coefficient (Wildman–Crippen LogP) is 0.510. The maximum atomic E-state index is 5.69. The molecule has 1 fully saturated rings. The average molecular weight is 210 g/mol. The Bertz CT molecular complexity index is 335. The van der Waals surface area contributed by atoms with E-state index in [9.17, 15) is 0 Å². The normalized spacial score (nSPS) is 19.2. The molecule has 1 aromatic rings. The Hall–Kier alpha value is -0.940. The van der Waals surface area contributed by atoms with Crippen molar-refractivity contribution < 1.29 is 4.42 Å². The average Bonchev–Trinajstić information content (AvgIpc) is 2.49. The van der Waals surface area contributed by atoms with E-state index < -0.39 is 0 Å². The minimum absolute atomic E-state index is 0.0728. The number of likely N-dealkylation sites (tertiary alicyclic amines) is 1. The van der Waals surface area contributed by atoms with Crippen molar-refractivity contribution in [2.75, 3.05) is 13.1 Å². The Morgan fingerprint density at radius 3 is 2.53 bits per heavy atom. The smallest absolute Gasteiger partial charge is 0.230 e. The van der Waals surface area contributed by atoms with Crippen LogP contribution in [0.2, 0.25) is 0 Å². The Labute approximate surface area is 89.6 Å². The second kappa shape index (κ2) is 3.57. The lowest BCUT2D eigenvalue weighted by atomic mass is 9.97. The van der Waals surface area contributed by atoms with Crippen LogP contribution in [-0.4, -0.2) is 34.2 Å². The van der Waals surface area contributed by atoms with Gasteiger partial charge in [-0.2, -0.15) is 0 Å². The lowest BCUT2D eigenvalue weighted by Crippen LogP contribution is -2.54. The summed E-state index contributed by atoms with van der Waals surface area (Å²) < 4.78 is 5.58. The molecule has 0 aromatic carbocycles. The topological polar surface area (TPSA) is 68.2 Å². The molecule has 1 aliphatic rings. The predicted molar refractivity (Wildman–Crippen MR) is 56.3 cm³/mol. The van der Waals surface area contributed by atoms with E-state index in [0.29, 0.717) is 17.8 Å². The zero-order valence-corrected chi connectivity index (χ0v) is 9.53. The molecule has 1 saturated heterocycles. The summed E-state index contributed by atoms with van der Waals surface area (Å²) in [5, 5.41) is 8.07. The van der Waals surface area contributed by atoms with Gasteiger partial charge >= 0.3 is 0 Å². The van der Waals surface area contributed by atoms with E-state index in [4.69, 9.17) is 10.2 Å². The maximum Gasteiger partial charge on any atom is 0.230 e. The van der Waals surface area contributed by atoms with E-state index in [1.807, 2.05) is 0 Å². The van der Waals surface area contributed by atoms with Crippen molar-refractivity contribution in [3.63, 3.8) is 0 Å². The maximum absolute atomic E-state index is 5.69. The molecular formula is C10H18N4O. The first-order valence-corrected chi connectivity index (χ1v) is 5.26. The first-order chi connectivity index (χ1) is 6.95. The van der Waals surface area contributed by atoms with Gasteiger partial charge in [-0.3, -0.25) is 4.90 Å². The molecule has 15 heavy (non-hydrogen) atoms. The van der Waals surface area contributed by atoms with Crippen molar-refractivity contribution in [2.45, 2.75) is 38.8 Å². The first kappa shape index (κ1) is 10.6. The molecule has 2 N–H and O–H groups in total. The van der Waals surface area contributed by atoms with Gasteiger partial charge in [0.15, 0.2) is 0 Å². The van der Waals surface area contributed by atoms with E-state index in [2.05, 4.69) is 35.9 Å². The van der Waals surface area contributed by atoms with Crippen molar-refractivity contribution in [3.05, 3.63) is 11.8 Å². The van der Waals surface area contributed by atoms with Gasteiger partial charge in [-0.05, 0) is 0 Å². The molecule has 0 unspecified atom stereocenters. The van der Waals surface area contributed by atoms with Crippen LogP contribution in [-0.2, 0) is 12.0 Å². The second-order valence-electron chi connectivity index (χ2n) is 5.21. The highest BCUT2D eigenvalue weighted by Crippen LogP contribution is 2.21. The van der Waals surface area contributed by atoms with Crippen LogP contribution in [0.25, 0.3) is 0 Å². The van der Waals surface area contributed by atoms with Crippen LogP contribution < -0.4 is 5.73 Å². The molecule has 0 saturated carbocycles. The van der Waals surface area contributed by atoms with Gasteiger partial charge in [0, 0.05) is 24.5 Å². The number of hydrogen-bond donors (Lipinski definition) is 1. The van der Waals surface area contributed by atoms with Crippen LogP contribution in [0.3, 0.4) is 0 Å². The molecule has 0 spiro atoms. The van der Waals surface area contributed by atoms with Crippen molar-refractivity contribution in [1.82, 2.24) is 15.1 Å². The van der Waals surface area contributed by atoms with Gasteiger partial charge in [-0.15, -0.1) is 10.2 Å². The van der Waals surface area contributed by atoms with Gasteiger partial charge in [0.2, 0.25) is 11.8 Å². The molecule has 84 valence electrons. The summed E-state index contributed by atoms with van der Waals surface area (Å²) in [5.74, 6) is 1.38. The number of aromatic nitrogens is 2. The zero-order chi connectivity index (χ0) is 11.1. The van der Waals surface area contributed by atoms with Crippen LogP contribution in [0.5, 0.6) is 0 Å². The summed E-state index contributed by atoms with van der Waals surface area (Å²) in [6.07, 6.45) is 0. The van der Waals surface area contributed by atoms with E-state index >= 15 is 0 Å². The van der Waals surface area contributed by atoms with E-state index in [1.54, 1.807) is 0 Å². The van der Waals surface area contributed by atoms with Gasteiger partial charge in [-0.25, -0.2) is 0 Å². The highest BCUT2D eigenvalue weighted by atomic mass is 16.4. The lowest BCUT2D eigenvalue weighted by molar-refractivity contribution is 0.127. The van der Waals surface area contributed by atoms with Gasteiger partial charge in [-0.1, -0.05) is 20.8 Å². The van der Waals surface area contributed by atoms with E-state index in [1.165, 1.54) is 0 Å². The molecule has 1 aliphatic heterocycles. The fraction of sp³-hybridized carbons (Fsp3) is 0.800. The molecule has 2 rings (SSSR count). The van der Waals surface area contributed by atoms with Crippen LogP contribution in [0, 0.1) is 0 Å². The Morgan fingerprint density at radius 2 is 2.07 bits per heavy atom.